The third-order valence-corrected chi connectivity index (χ3v) is 4.03. The van der Waals surface area contributed by atoms with Crippen LogP contribution in [0, 0.1) is 5.82 Å². The van der Waals surface area contributed by atoms with E-state index in [1.54, 1.807) is 30.3 Å². The molecule has 1 aliphatic rings. The monoisotopic (exact) mass is 358 g/mol. The van der Waals surface area contributed by atoms with Crippen molar-refractivity contribution in [1.29, 1.82) is 0 Å². The number of rotatable bonds is 6. The van der Waals surface area contributed by atoms with E-state index in [1.807, 2.05) is 6.92 Å². The number of anilines is 1. The molecular weight excluding hydrogens is 339 g/mol. The van der Waals surface area contributed by atoms with Crippen LogP contribution in [0.25, 0.3) is 0 Å². The average Bonchev–Trinajstić information content (AvgIpc) is 3.08. The average molecular weight is 358 g/mol. The molecule has 0 spiro atoms. The van der Waals surface area contributed by atoms with Crippen LogP contribution in [0.5, 0.6) is 11.5 Å². The fourth-order valence-corrected chi connectivity index (χ4v) is 2.62. The number of carbonyl (C=O) groups is 2. The zero-order valence-corrected chi connectivity index (χ0v) is 14.3. The van der Waals surface area contributed by atoms with E-state index >= 15 is 0 Å². The molecule has 26 heavy (non-hydrogen) atoms. The van der Waals surface area contributed by atoms with E-state index in [0.717, 1.165) is 5.56 Å². The van der Waals surface area contributed by atoms with Crippen LogP contribution in [0.15, 0.2) is 42.5 Å². The largest absolute Gasteiger partial charge is 0.454 e. The van der Waals surface area contributed by atoms with Crippen molar-refractivity contribution in [3.05, 3.63) is 53.8 Å². The molecule has 7 heteroatoms. The van der Waals surface area contributed by atoms with Gasteiger partial charge in [0.15, 0.2) is 11.5 Å². The van der Waals surface area contributed by atoms with Crippen LogP contribution in [0.2, 0.25) is 0 Å². The molecule has 1 aliphatic heterocycles. The molecule has 0 aromatic heterocycles. The van der Waals surface area contributed by atoms with Crippen molar-refractivity contribution in [2.45, 2.75) is 19.3 Å². The Morgan fingerprint density at radius 2 is 1.81 bits per heavy atom. The molecule has 1 atom stereocenters. The van der Waals surface area contributed by atoms with E-state index in [0.29, 0.717) is 17.2 Å². The van der Waals surface area contributed by atoms with Gasteiger partial charge in [-0.1, -0.05) is 19.1 Å². The summed E-state index contributed by atoms with van der Waals surface area (Å²) in [7, 11) is 0. The summed E-state index contributed by atoms with van der Waals surface area (Å²) < 4.78 is 23.4. The molecule has 0 aliphatic carbocycles. The number of halogens is 1. The Kier molecular flexibility index (Phi) is 5.36. The maximum Gasteiger partial charge on any atom is 0.243 e. The summed E-state index contributed by atoms with van der Waals surface area (Å²) in [4.78, 5) is 24.0. The van der Waals surface area contributed by atoms with Gasteiger partial charge in [0.1, 0.15) is 5.82 Å². The van der Waals surface area contributed by atoms with Crippen LogP contribution in [0.1, 0.15) is 24.8 Å². The van der Waals surface area contributed by atoms with Gasteiger partial charge in [-0.15, -0.1) is 0 Å². The predicted octanol–water partition coefficient (Wildman–Crippen LogP) is 2.80. The van der Waals surface area contributed by atoms with Crippen LogP contribution in [-0.4, -0.2) is 25.2 Å². The molecular formula is C19H19FN2O4. The van der Waals surface area contributed by atoms with Gasteiger partial charge >= 0.3 is 0 Å². The van der Waals surface area contributed by atoms with Crippen LogP contribution in [0.4, 0.5) is 10.1 Å². The number of hydrogen-bond acceptors (Lipinski definition) is 4. The lowest BCUT2D eigenvalue weighted by molar-refractivity contribution is -0.124. The first kappa shape index (κ1) is 17.7. The quantitative estimate of drug-likeness (QED) is 0.833. The third-order valence-electron chi connectivity index (χ3n) is 4.03. The lowest BCUT2D eigenvalue weighted by atomic mass is 9.97. The van der Waals surface area contributed by atoms with Gasteiger partial charge in [0, 0.05) is 18.2 Å². The van der Waals surface area contributed by atoms with Crippen molar-refractivity contribution >= 4 is 17.5 Å². The Labute approximate surface area is 150 Å². The number of amides is 2. The summed E-state index contributed by atoms with van der Waals surface area (Å²) in [5, 5.41) is 5.27. The molecule has 0 fully saturated rings. The Morgan fingerprint density at radius 3 is 2.58 bits per heavy atom. The number of ether oxygens (including phenoxy) is 2. The van der Waals surface area contributed by atoms with Crippen molar-refractivity contribution in [2.24, 2.45) is 0 Å². The number of benzene rings is 2. The molecule has 0 radical (unpaired) electrons. The summed E-state index contributed by atoms with van der Waals surface area (Å²) in [6.07, 6.45) is 0.211. The van der Waals surface area contributed by atoms with Gasteiger partial charge in [0.05, 0.1) is 6.54 Å². The van der Waals surface area contributed by atoms with Gasteiger partial charge < -0.3 is 20.1 Å². The number of carbonyl (C=O) groups excluding carboxylic acids is 2. The first-order valence-corrected chi connectivity index (χ1v) is 8.23. The van der Waals surface area contributed by atoms with Crippen molar-refractivity contribution in [2.75, 3.05) is 18.7 Å². The first-order chi connectivity index (χ1) is 12.5. The predicted molar refractivity (Wildman–Crippen MR) is 93.6 cm³/mol. The van der Waals surface area contributed by atoms with Crippen molar-refractivity contribution in [1.82, 2.24) is 5.32 Å². The Bertz CT molecular complexity index is 808. The van der Waals surface area contributed by atoms with Gasteiger partial charge in [0.25, 0.3) is 0 Å². The highest BCUT2D eigenvalue weighted by atomic mass is 19.1. The van der Waals surface area contributed by atoms with E-state index in [4.69, 9.17) is 9.47 Å². The molecule has 2 amide bonds. The molecule has 0 bridgehead atoms. The molecule has 3 rings (SSSR count). The summed E-state index contributed by atoms with van der Waals surface area (Å²) in [6, 6.07) is 11.1. The Morgan fingerprint density at radius 1 is 1.08 bits per heavy atom. The number of nitrogens with one attached hydrogen (secondary N) is 2. The second kappa shape index (κ2) is 7.86. The molecule has 136 valence electrons. The normalized spacial score (nSPS) is 13.2. The zero-order chi connectivity index (χ0) is 18.5. The lowest BCUT2D eigenvalue weighted by Crippen LogP contribution is -2.33. The Hall–Kier alpha value is -3.09. The van der Waals surface area contributed by atoms with E-state index in [2.05, 4.69) is 10.6 Å². The van der Waals surface area contributed by atoms with E-state index in [9.17, 15) is 14.0 Å². The summed E-state index contributed by atoms with van der Waals surface area (Å²) in [5.41, 5.74) is 1.43. The smallest absolute Gasteiger partial charge is 0.243 e. The van der Waals surface area contributed by atoms with Gasteiger partial charge in [-0.05, 0) is 35.7 Å². The molecule has 0 saturated heterocycles. The van der Waals surface area contributed by atoms with Crippen molar-refractivity contribution in [3.8, 4) is 11.5 Å². The van der Waals surface area contributed by atoms with Crippen molar-refractivity contribution < 1.29 is 23.5 Å². The summed E-state index contributed by atoms with van der Waals surface area (Å²) in [5.74, 6) is 0.221. The fraction of sp³-hybridized carbons (Fsp3) is 0.263. The maximum atomic E-state index is 12.9. The second-order valence-electron chi connectivity index (χ2n) is 6.05. The van der Waals surface area contributed by atoms with Crippen LogP contribution in [0.3, 0.4) is 0 Å². The van der Waals surface area contributed by atoms with Gasteiger partial charge in [-0.2, -0.15) is 0 Å². The minimum Gasteiger partial charge on any atom is -0.454 e. The highest BCUT2D eigenvalue weighted by Gasteiger charge is 2.15. The van der Waals surface area contributed by atoms with E-state index < -0.39 is 0 Å². The molecule has 2 aromatic carbocycles. The van der Waals surface area contributed by atoms with Crippen LogP contribution < -0.4 is 20.1 Å². The molecule has 1 heterocycles. The van der Waals surface area contributed by atoms with Gasteiger partial charge in [-0.25, -0.2) is 4.39 Å². The summed E-state index contributed by atoms with van der Waals surface area (Å²) in [6.45, 7) is 1.90. The molecule has 0 saturated carbocycles. The highest BCUT2D eigenvalue weighted by Crippen LogP contribution is 2.34. The highest BCUT2D eigenvalue weighted by molar-refractivity contribution is 5.94. The fourth-order valence-electron chi connectivity index (χ4n) is 2.62. The molecule has 1 unspecified atom stereocenters. The molecule has 6 nitrogen and oxygen atoms in total. The number of hydrogen-bond donors (Lipinski definition) is 2. The standard InChI is InChI=1S/C19H19FN2O4/c1-12(13-2-4-14(20)5-3-13)8-18(23)21-10-19(24)22-15-6-7-16-17(9-15)26-11-25-16/h2-7,9,12H,8,10-11H2,1H3,(H,21,23)(H,22,24). The van der Waals surface area contributed by atoms with Gasteiger partial charge in [0.2, 0.25) is 18.6 Å². The topological polar surface area (TPSA) is 76.7 Å². The molecule has 2 N–H and O–H groups in total. The number of fused-ring (bicyclic) bond motifs is 1. The van der Waals surface area contributed by atoms with E-state index in [1.165, 1.54) is 12.1 Å². The van der Waals surface area contributed by atoms with E-state index in [-0.39, 0.29) is 43.3 Å². The second-order valence-corrected chi connectivity index (χ2v) is 6.05. The van der Waals surface area contributed by atoms with Gasteiger partial charge in [-0.3, -0.25) is 9.59 Å². The van der Waals surface area contributed by atoms with Crippen LogP contribution in [-0.2, 0) is 9.59 Å². The summed E-state index contributed by atoms with van der Waals surface area (Å²) >= 11 is 0. The third kappa shape index (κ3) is 4.50. The Balaban J connectivity index is 1.45. The minimum atomic E-state index is -0.341. The maximum absolute atomic E-state index is 12.9. The zero-order valence-electron chi connectivity index (χ0n) is 14.3. The SMILES string of the molecule is CC(CC(=O)NCC(=O)Nc1ccc2c(c1)OCO2)c1ccc(F)cc1. The molecule has 2 aromatic rings. The minimum absolute atomic E-state index is 0.0764. The van der Waals surface area contributed by atoms with Crippen molar-refractivity contribution in [3.63, 3.8) is 0 Å². The first-order valence-electron chi connectivity index (χ1n) is 8.23. The van der Waals surface area contributed by atoms with Crippen LogP contribution >= 0.6 is 0 Å². The lowest BCUT2D eigenvalue weighted by Gasteiger charge is -2.12.